The van der Waals surface area contributed by atoms with Crippen molar-refractivity contribution in [1.82, 2.24) is 10.1 Å². The van der Waals surface area contributed by atoms with Crippen LogP contribution in [-0.4, -0.2) is 14.3 Å². The van der Waals surface area contributed by atoms with Crippen LogP contribution in [-0.2, 0) is 16.6 Å². The van der Waals surface area contributed by atoms with Crippen molar-refractivity contribution in [1.29, 1.82) is 0 Å². The molecule has 0 radical (unpaired) electrons. The molecule has 0 aliphatic carbocycles. The van der Waals surface area contributed by atoms with Gasteiger partial charge in [0, 0.05) is 16.6 Å². The normalized spacial score (nSPS) is 14.4. The standard InChI is InChI=1S/C13H16N2O2S/c1-9-6-4-5-7-12(9)8-18(16)10(2)13-14-11(3)15-17-13/h4-7,10H,8H2,1-3H3/t10-,18+/m1/s1. The van der Waals surface area contributed by atoms with Crippen LogP contribution in [0.25, 0.3) is 0 Å². The molecule has 1 aromatic heterocycles. The van der Waals surface area contributed by atoms with Crippen LogP contribution in [0.4, 0.5) is 0 Å². The second-order valence-electron chi connectivity index (χ2n) is 4.27. The molecule has 4 nitrogen and oxygen atoms in total. The van der Waals surface area contributed by atoms with Gasteiger partial charge in [0.05, 0.1) is 0 Å². The number of hydrogen-bond donors (Lipinski definition) is 0. The summed E-state index contributed by atoms with van der Waals surface area (Å²) in [6.07, 6.45) is 0. The average molecular weight is 264 g/mol. The first kappa shape index (κ1) is 13.0. The van der Waals surface area contributed by atoms with Gasteiger partial charge in [-0.15, -0.1) is 0 Å². The highest BCUT2D eigenvalue weighted by atomic mass is 32.2. The van der Waals surface area contributed by atoms with Crippen LogP contribution in [0, 0.1) is 13.8 Å². The van der Waals surface area contributed by atoms with Crippen LogP contribution in [0.3, 0.4) is 0 Å². The van der Waals surface area contributed by atoms with Crippen LogP contribution in [0.2, 0.25) is 0 Å². The van der Waals surface area contributed by atoms with Crippen LogP contribution in [0.1, 0.15) is 35.0 Å². The first-order chi connectivity index (χ1) is 8.58. The Hall–Kier alpha value is -1.49. The van der Waals surface area contributed by atoms with Crippen LogP contribution < -0.4 is 0 Å². The fourth-order valence-corrected chi connectivity index (χ4v) is 2.84. The number of aryl methyl sites for hydroxylation is 2. The number of nitrogens with zero attached hydrogens (tertiary/aromatic N) is 2. The zero-order chi connectivity index (χ0) is 13.1. The summed E-state index contributed by atoms with van der Waals surface area (Å²) >= 11 is 0. The van der Waals surface area contributed by atoms with Gasteiger partial charge in [0.2, 0.25) is 5.89 Å². The van der Waals surface area contributed by atoms with Gasteiger partial charge in [-0.3, -0.25) is 4.21 Å². The Morgan fingerprint density at radius 2 is 2.06 bits per heavy atom. The van der Waals surface area contributed by atoms with Crippen LogP contribution >= 0.6 is 0 Å². The minimum atomic E-state index is -1.06. The van der Waals surface area contributed by atoms with E-state index in [0.29, 0.717) is 17.5 Å². The van der Waals surface area contributed by atoms with Crippen molar-refractivity contribution in [3.05, 3.63) is 47.1 Å². The molecule has 0 bridgehead atoms. The van der Waals surface area contributed by atoms with E-state index in [2.05, 4.69) is 10.1 Å². The van der Waals surface area contributed by atoms with Crippen molar-refractivity contribution in [3.63, 3.8) is 0 Å². The summed E-state index contributed by atoms with van der Waals surface area (Å²) in [4.78, 5) is 4.12. The van der Waals surface area contributed by atoms with Crippen LogP contribution in [0.5, 0.6) is 0 Å². The third-order valence-corrected chi connectivity index (χ3v) is 4.43. The van der Waals surface area contributed by atoms with Gasteiger partial charge < -0.3 is 4.52 Å². The second-order valence-corrected chi connectivity index (χ2v) is 6.03. The molecule has 18 heavy (non-hydrogen) atoms. The molecule has 0 amide bonds. The predicted molar refractivity (Wildman–Crippen MR) is 70.5 cm³/mol. The smallest absolute Gasteiger partial charge is 0.242 e. The average Bonchev–Trinajstić information content (AvgIpc) is 2.78. The van der Waals surface area contributed by atoms with Crippen molar-refractivity contribution in [2.24, 2.45) is 0 Å². The summed E-state index contributed by atoms with van der Waals surface area (Å²) in [5, 5.41) is 3.48. The Kier molecular flexibility index (Phi) is 3.91. The Balaban J connectivity index is 2.11. The third kappa shape index (κ3) is 2.85. The SMILES string of the molecule is Cc1noc([C@@H](C)[S@@](=O)Cc2ccccc2C)n1. The molecular formula is C13H16N2O2S. The molecule has 0 spiro atoms. The molecule has 0 N–H and O–H groups in total. The van der Waals surface area contributed by atoms with Crippen molar-refractivity contribution in [2.75, 3.05) is 0 Å². The van der Waals surface area contributed by atoms with Crippen molar-refractivity contribution in [3.8, 4) is 0 Å². The van der Waals surface area contributed by atoms with E-state index in [9.17, 15) is 4.21 Å². The third-order valence-electron chi connectivity index (χ3n) is 2.84. The van der Waals surface area contributed by atoms with Gasteiger partial charge in [0.15, 0.2) is 5.82 Å². The van der Waals surface area contributed by atoms with Gasteiger partial charge in [0.1, 0.15) is 5.25 Å². The minimum Gasteiger partial charge on any atom is -0.338 e. The molecule has 5 heteroatoms. The molecule has 0 unspecified atom stereocenters. The number of aromatic nitrogens is 2. The molecule has 1 aromatic carbocycles. The van der Waals surface area contributed by atoms with E-state index in [1.165, 1.54) is 0 Å². The van der Waals surface area contributed by atoms with E-state index >= 15 is 0 Å². The first-order valence-electron chi connectivity index (χ1n) is 5.80. The summed E-state index contributed by atoms with van der Waals surface area (Å²) in [7, 11) is -1.06. The van der Waals surface area contributed by atoms with Gasteiger partial charge in [-0.1, -0.05) is 29.4 Å². The molecule has 0 saturated carbocycles. The highest BCUT2D eigenvalue weighted by molar-refractivity contribution is 7.84. The van der Waals surface area contributed by atoms with E-state index in [1.807, 2.05) is 38.1 Å². The van der Waals surface area contributed by atoms with Gasteiger partial charge in [-0.2, -0.15) is 4.98 Å². The van der Waals surface area contributed by atoms with E-state index in [4.69, 9.17) is 4.52 Å². The lowest BCUT2D eigenvalue weighted by molar-refractivity contribution is 0.375. The van der Waals surface area contributed by atoms with E-state index in [-0.39, 0.29) is 5.25 Å². The Morgan fingerprint density at radius 3 is 2.67 bits per heavy atom. The Labute approximate surface area is 109 Å². The van der Waals surface area contributed by atoms with E-state index in [1.54, 1.807) is 6.92 Å². The maximum absolute atomic E-state index is 12.3. The molecule has 0 fully saturated rings. The number of hydrogen-bond acceptors (Lipinski definition) is 4. The summed E-state index contributed by atoms with van der Waals surface area (Å²) in [6.45, 7) is 5.62. The highest BCUT2D eigenvalue weighted by Gasteiger charge is 2.20. The van der Waals surface area contributed by atoms with E-state index < -0.39 is 10.8 Å². The van der Waals surface area contributed by atoms with Crippen molar-refractivity contribution >= 4 is 10.8 Å². The maximum atomic E-state index is 12.3. The second kappa shape index (κ2) is 5.44. The topological polar surface area (TPSA) is 56.0 Å². The lowest BCUT2D eigenvalue weighted by Gasteiger charge is -2.08. The molecule has 0 aliphatic heterocycles. The molecular weight excluding hydrogens is 248 g/mol. The fraction of sp³-hybridized carbons (Fsp3) is 0.385. The molecule has 96 valence electrons. The van der Waals surface area contributed by atoms with Crippen LogP contribution in [0.15, 0.2) is 28.8 Å². The van der Waals surface area contributed by atoms with Crippen molar-refractivity contribution in [2.45, 2.75) is 31.8 Å². The monoisotopic (exact) mass is 264 g/mol. The minimum absolute atomic E-state index is 0.245. The molecule has 0 saturated heterocycles. The quantitative estimate of drug-likeness (QED) is 0.852. The number of rotatable bonds is 4. The summed E-state index contributed by atoms with van der Waals surface area (Å²) in [6, 6.07) is 7.96. The summed E-state index contributed by atoms with van der Waals surface area (Å²) < 4.78 is 17.3. The highest BCUT2D eigenvalue weighted by Crippen LogP contribution is 2.21. The predicted octanol–water partition coefficient (Wildman–Crippen LogP) is 2.70. The lowest BCUT2D eigenvalue weighted by Crippen LogP contribution is -2.06. The molecule has 2 rings (SSSR count). The molecule has 1 heterocycles. The van der Waals surface area contributed by atoms with Gasteiger partial charge in [-0.25, -0.2) is 0 Å². The summed E-state index contributed by atoms with van der Waals surface area (Å²) in [5.41, 5.74) is 2.25. The first-order valence-corrected chi connectivity index (χ1v) is 7.18. The molecule has 2 atom stereocenters. The molecule has 2 aromatic rings. The maximum Gasteiger partial charge on any atom is 0.242 e. The van der Waals surface area contributed by atoms with Gasteiger partial charge >= 0.3 is 0 Å². The Morgan fingerprint density at radius 1 is 1.33 bits per heavy atom. The van der Waals surface area contributed by atoms with Gasteiger partial charge in [-0.05, 0) is 31.9 Å². The Bertz CT molecular complexity index is 566. The lowest BCUT2D eigenvalue weighted by atomic mass is 10.1. The fourth-order valence-electron chi connectivity index (χ4n) is 1.64. The number of benzene rings is 1. The zero-order valence-electron chi connectivity index (χ0n) is 10.7. The largest absolute Gasteiger partial charge is 0.338 e. The van der Waals surface area contributed by atoms with E-state index in [0.717, 1.165) is 11.1 Å². The summed E-state index contributed by atoms with van der Waals surface area (Å²) in [5.74, 6) is 1.53. The van der Waals surface area contributed by atoms with Crippen molar-refractivity contribution < 1.29 is 8.73 Å². The zero-order valence-corrected chi connectivity index (χ0v) is 11.5. The molecule has 0 aliphatic rings. The van der Waals surface area contributed by atoms with Gasteiger partial charge in [0.25, 0.3) is 0 Å².